The van der Waals surface area contributed by atoms with Crippen LogP contribution in [0.25, 0.3) is 0 Å². The standard InChI is InChI=1S/C18H25NO3/c1-10(2)16(20)13-8-11(3)17-14(9-13)15(6-7-22-17)19-18(21)12-4-5-12/h8-10,12,15-16,20H,4-7H2,1-3H3,(H,19,21). The van der Waals surface area contributed by atoms with Gasteiger partial charge in [-0.1, -0.05) is 13.8 Å². The smallest absolute Gasteiger partial charge is 0.223 e. The maximum atomic E-state index is 12.1. The molecule has 0 radical (unpaired) electrons. The second kappa shape index (κ2) is 5.92. The minimum atomic E-state index is -0.495. The molecule has 1 heterocycles. The summed E-state index contributed by atoms with van der Waals surface area (Å²) in [6, 6.07) is 3.99. The fraction of sp³-hybridized carbons (Fsp3) is 0.611. The molecule has 22 heavy (non-hydrogen) atoms. The van der Waals surface area contributed by atoms with Crippen molar-refractivity contribution >= 4 is 5.91 Å². The van der Waals surface area contributed by atoms with Crippen molar-refractivity contribution in [3.63, 3.8) is 0 Å². The van der Waals surface area contributed by atoms with Gasteiger partial charge in [0.2, 0.25) is 5.91 Å². The number of aliphatic hydroxyl groups excluding tert-OH is 1. The van der Waals surface area contributed by atoms with E-state index in [4.69, 9.17) is 4.74 Å². The summed E-state index contributed by atoms with van der Waals surface area (Å²) < 4.78 is 5.80. The van der Waals surface area contributed by atoms with Gasteiger partial charge in [-0.2, -0.15) is 0 Å². The minimum Gasteiger partial charge on any atom is -0.493 e. The van der Waals surface area contributed by atoms with E-state index in [1.165, 1.54) is 0 Å². The van der Waals surface area contributed by atoms with Crippen molar-refractivity contribution in [3.05, 3.63) is 28.8 Å². The first-order valence-corrected chi connectivity index (χ1v) is 8.23. The number of ether oxygens (including phenoxy) is 1. The predicted octanol–water partition coefficient (Wildman–Crippen LogP) is 3.03. The van der Waals surface area contributed by atoms with Crippen molar-refractivity contribution in [2.24, 2.45) is 11.8 Å². The molecule has 120 valence electrons. The molecule has 2 unspecified atom stereocenters. The average Bonchev–Trinajstić information content (AvgIpc) is 3.31. The summed E-state index contributed by atoms with van der Waals surface area (Å²) in [6.45, 7) is 6.63. The number of carbonyl (C=O) groups is 1. The largest absolute Gasteiger partial charge is 0.493 e. The lowest BCUT2D eigenvalue weighted by atomic mass is 9.90. The molecule has 1 saturated carbocycles. The second-order valence-electron chi connectivity index (χ2n) is 6.92. The number of nitrogens with one attached hydrogen (secondary N) is 1. The number of fused-ring (bicyclic) bond motifs is 1. The quantitative estimate of drug-likeness (QED) is 0.899. The summed E-state index contributed by atoms with van der Waals surface area (Å²) in [5, 5.41) is 13.5. The van der Waals surface area contributed by atoms with E-state index in [0.717, 1.165) is 41.7 Å². The van der Waals surface area contributed by atoms with Crippen LogP contribution in [-0.2, 0) is 4.79 Å². The van der Waals surface area contributed by atoms with Crippen LogP contribution in [0.1, 0.15) is 61.9 Å². The molecule has 1 aromatic carbocycles. The summed E-state index contributed by atoms with van der Waals surface area (Å²) >= 11 is 0. The van der Waals surface area contributed by atoms with Crippen molar-refractivity contribution < 1.29 is 14.6 Å². The number of carbonyl (C=O) groups excluding carboxylic acids is 1. The van der Waals surface area contributed by atoms with Crippen LogP contribution in [0.4, 0.5) is 0 Å². The van der Waals surface area contributed by atoms with E-state index in [9.17, 15) is 9.90 Å². The first kappa shape index (κ1) is 15.3. The molecule has 0 aromatic heterocycles. The monoisotopic (exact) mass is 303 g/mol. The zero-order chi connectivity index (χ0) is 15.9. The van der Waals surface area contributed by atoms with Crippen LogP contribution in [0.2, 0.25) is 0 Å². The van der Waals surface area contributed by atoms with Crippen molar-refractivity contribution in [2.75, 3.05) is 6.61 Å². The SMILES string of the molecule is Cc1cc(C(O)C(C)C)cc2c1OCCC2NC(=O)C1CC1. The van der Waals surface area contributed by atoms with Crippen LogP contribution < -0.4 is 10.1 Å². The third kappa shape index (κ3) is 2.98. The molecule has 2 aliphatic rings. The van der Waals surface area contributed by atoms with Gasteiger partial charge in [-0.15, -0.1) is 0 Å². The Morgan fingerprint density at radius 2 is 2.05 bits per heavy atom. The van der Waals surface area contributed by atoms with Gasteiger partial charge in [0, 0.05) is 17.9 Å². The highest BCUT2D eigenvalue weighted by atomic mass is 16.5. The molecule has 1 fully saturated rings. The topological polar surface area (TPSA) is 58.6 Å². The molecular formula is C18H25NO3. The minimum absolute atomic E-state index is 0.00476. The fourth-order valence-corrected chi connectivity index (χ4v) is 3.06. The molecule has 2 N–H and O–H groups in total. The molecule has 0 saturated heterocycles. The number of hydrogen-bond donors (Lipinski definition) is 2. The van der Waals surface area contributed by atoms with E-state index in [-0.39, 0.29) is 23.8 Å². The summed E-state index contributed by atoms with van der Waals surface area (Å²) in [7, 11) is 0. The molecule has 4 heteroatoms. The Labute approximate surface area is 131 Å². The highest BCUT2D eigenvalue weighted by molar-refractivity contribution is 5.81. The zero-order valence-electron chi connectivity index (χ0n) is 13.6. The van der Waals surface area contributed by atoms with Gasteiger partial charge >= 0.3 is 0 Å². The lowest BCUT2D eigenvalue weighted by Gasteiger charge is -2.29. The van der Waals surface area contributed by atoms with Gasteiger partial charge in [-0.25, -0.2) is 0 Å². The fourth-order valence-electron chi connectivity index (χ4n) is 3.06. The molecule has 0 spiro atoms. The Morgan fingerprint density at radius 1 is 1.32 bits per heavy atom. The van der Waals surface area contributed by atoms with E-state index in [0.29, 0.717) is 6.61 Å². The number of aliphatic hydroxyl groups is 1. The average molecular weight is 303 g/mol. The highest BCUT2D eigenvalue weighted by Crippen LogP contribution is 2.39. The lowest BCUT2D eigenvalue weighted by molar-refractivity contribution is -0.123. The Kier molecular flexibility index (Phi) is 4.13. The van der Waals surface area contributed by atoms with E-state index in [2.05, 4.69) is 5.32 Å². The molecule has 1 aliphatic heterocycles. The number of amides is 1. The third-order valence-corrected chi connectivity index (χ3v) is 4.59. The van der Waals surface area contributed by atoms with Gasteiger partial charge in [-0.05, 0) is 48.9 Å². The van der Waals surface area contributed by atoms with E-state index in [1.54, 1.807) is 0 Å². The van der Waals surface area contributed by atoms with Crippen molar-refractivity contribution in [3.8, 4) is 5.75 Å². The predicted molar refractivity (Wildman–Crippen MR) is 84.7 cm³/mol. The van der Waals surface area contributed by atoms with Crippen molar-refractivity contribution in [1.29, 1.82) is 0 Å². The van der Waals surface area contributed by atoms with E-state index < -0.39 is 6.10 Å². The normalized spacial score (nSPS) is 22.0. The number of hydrogen-bond acceptors (Lipinski definition) is 3. The Bertz CT molecular complexity index is 578. The number of benzene rings is 1. The first-order valence-electron chi connectivity index (χ1n) is 8.23. The Balaban J connectivity index is 1.91. The van der Waals surface area contributed by atoms with Gasteiger partial charge in [-0.3, -0.25) is 4.79 Å². The Morgan fingerprint density at radius 3 is 2.68 bits per heavy atom. The third-order valence-electron chi connectivity index (χ3n) is 4.59. The summed E-state index contributed by atoms with van der Waals surface area (Å²) in [5.41, 5.74) is 2.94. The summed E-state index contributed by atoms with van der Waals surface area (Å²) in [5.74, 6) is 1.38. The number of rotatable bonds is 4. The molecule has 3 rings (SSSR count). The molecular weight excluding hydrogens is 278 g/mol. The first-order chi connectivity index (χ1) is 10.5. The maximum absolute atomic E-state index is 12.1. The van der Waals surface area contributed by atoms with Crippen molar-refractivity contribution in [2.45, 2.75) is 52.2 Å². The van der Waals surface area contributed by atoms with Gasteiger partial charge in [0.05, 0.1) is 18.8 Å². The Hall–Kier alpha value is -1.55. The zero-order valence-corrected chi connectivity index (χ0v) is 13.6. The van der Waals surface area contributed by atoms with Gasteiger partial charge in [0.1, 0.15) is 5.75 Å². The van der Waals surface area contributed by atoms with Crippen LogP contribution in [0.5, 0.6) is 5.75 Å². The summed E-state index contributed by atoms with van der Waals surface area (Å²) in [4.78, 5) is 12.1. The van der Waals surface area contributed by atoms with E-state index >= 15 is 0 Å². The number of aryl methyl sites for hydroxylation is 1. The van der Waals surface area contributed by atoms with Crippen LogP contribution in [0.3, 0.4) is 0 Å². The highest BCUT2D eigenvalue weighted by Gasteiger charge is 2.33. The molecule has 1 aliphatic carbocycles. The molecule has 1 aromatic rings. The molecule has 0 bridgehead atoms. The molecule has 4 nitrogen and oxygen atoms in total. The molecule has 2 atom stereocenters. The van der Waals surface area contributed by atoms with Gasteiger partial charge < -0.3 is 15.2 Å². The van der Waals surface area contributed by atoms with Gasteiger partial charge in [0.15, 0.2) is 0 Å². The second-order valence-corrected chi connectivity index (χ2v) is 6.92. The maximum Gasteiger partial charge on any atom is 0.223 e. The van der Waals surface area contributed by atoms with Crippen LogP contribution in [0.15, 0.2) is 12.1 Å². The van der Waals surface area contributed by atoms with Gasteiger partial charge in [0.25, 0.3) is 0 Å². The van der Waals surface area contributed by atoms with Crippen LogP contribution in [-0.4, -0.2) is 17.6 Å². The van der Waals surface area contributed by atoms with Crippen LogP contribution in [0, 0.1) is 18.8 Å². The summed E-state index contributed by atoms with van der Waals surface area (Å²) in [6.07, 6.45) is 2.30. The van der Waals surface area contributed by atoms with Crippen LogP contribution >= 0.6 is 0 Å². The van der Waals surface area contributed by atoms with Crippen molar-refractivity contribution in [1.82, 2.24) is 5.32 Å². The lowest BCUT2D eigenvalue weighted by Crippen LogP contribution is -2.33. The van der Waals surface area contributed by atoms with E-state index in [1.807, 2.05) is 32.9 Å². The molecule has 1 amide bonds.